The Hall–Kier alpha value is -2.43. The van der Waals surface area contributed by atoms with Gasteiger partial charge in [-0.05, 0) is 12.1 Å². The molecule has 0 radical (unpaired) electrons. The minimum absolute atomic E-state index is 0.103. The van der Waals surface area contributed by atoms with Crippen LogP contribution in [0.25, 0.3) is 0 Å². The van der Waals surface area contributed by atoms with Crippen LogP contribution in [0.4, 0.5) is 11.4 Å². The summed E-state index contributed by atoms with van der Waals surface area (Å²) in [4.78, 5) is 24.4. The first-order valence-electron chi connectivity index (χ1n) is 6.15. The maximum atomic E-state index is 12.5. The number of amides is 1. The summed E-state index contributed by atoms with van der Waals surface area (Å²) in [5, 5.41) is 0. The van der Waals surface area contributed by atoms with Crippen molar-refractivity contribution in [3.05, 3.63) is 48.5 Å². The minimum atomic E-state index is -0.103. The molecular weight excluding hydrogens is 240 g/mol. The molecule has 0 unspecified atom stereocenters. The van der Waals surface area contributed by atoms with Gasteiger partial charge in [-0.3, -0.25) is 9.78 Å². The zero-order chi connectivity index (χ0) is 13.2. The largest absolute Gasteiger partial charge is 0.371 e. The fourth-order valence-electron chi connectivity index (χ4n) is 2.26. The Balaban J connectivity index is 1.99. The van der Waals surface area contributed by atoms with E-state index in [-0.39, 0.29) is 5.91 Å². The summed E-state index contributed by atoms with van der Waals surface area (Å²) in [5.74, 6) is -0.103. The van der Waals surface area contributed by atoms with Gasteiger partial charge in [-0.1, -0.05) is 12.1 Å². The van der Waals surface area contributed by atoms with E-state index in [4.69, 9.17) is 0 Å². The molecule has 5 nitrogen and oxygen atoms in total. The number of hydrogen-bond donors (Lipinski definition) is 0. The molecule has 0 saturated heterocycles. The molecule has 2 heterocycles. The molecule has 0 fully saturated rings. The van der Waals surface area contributed by atoms with Crippen molar-refractivity contribution < 1.29 is 4.79 Å². The lowest BCUT2D eigenvalue weighted by atomic mass is 10.1. The Morgan fingerprint density at radius 1 is 1.16 bits per heavy atom. The molecule has 0 spiro atoms. The van der Waals surface area contributed by atoms with Gasteiger partial charge < -0.3 is 9.80 Å². The van der Waals surface area contributed by atoms with E-state index in [1.807, 2.05) is 31.3 Å². The highest BCUT2D eigenvalue weighted by Gasteiger charge is 2.26. The molecule has 96 valence electrons. The molecule has 0 saturated carbocycles. The van der Waals surface area contributed by atoms with Gasteiger partial charge >= 0.3 is 0 Å². The van der Waals surface area contributed by atoms with E-state index in [1.165, 1.54) is 12.4 Å². The van der Waals surface area contributed by atoms with Crippen LogP contribution in [0, 0.1) is 0 Å². The van der Waals surface area contributed by atoms with Crippen molar-refractivity contribution in [2.75, 3.05) is 29.9 Å². The lowest BCUT2D eigenvalue weighted by molar-refractivity contribution is 0.0981. The van der Waals surface area contributed by atoms with E-state index >= 15 is 0 Å². The summed E-state index contributed by atoms with van der Waals surface area (Å²) < 4.78 is 0. The van der Waals surface area contributed by atoms with Crippen LogP contribution in [-0.4, -0.2) is 36.0 Å². The van der Waals surface area contributed by atoms with E-state index in [0.717, 1.165) is 17.9 Å². The average molecular weight is 254 g/mol. The van der Waals surface area contributed by atoms with Crippen LogP contribution < -0.4 is 9.80 Å². The van der Waals surface area contributed by atoms with E-state index in [1.54, 1.807) is 11.1 Å². The van der Waals surface area contributed by atoms with E-state index < -0.39 is 0 Å². The quantitative estimate of drug-likeness (QED) is 0.775. The zero-order valence-electron chi connectivity index (χ0n) is 10.7. The van der Waals surface area contributed by atoms with Crippen LogP contribution in [0.15, 0.2) is 42.9 Å². The van der Waals surface area contributed by atoms with Crippen LogP contribution in [0.1, 0.15) is 10.5 Å². The normalized spacial score (nSPS) is 14.2. The number of rotatable bonds is 1. The van der Waals surface area contributed by atoms with Crippen LogP contribution in [0.5, 0.6) is 0 Å². The first kappa shape index (κ1) is 11.6. The number of fused-ring (bicyclic) bond motifs is 1. The van der Waals surface area contributed by atoms with Gasteiger partial charge in [0.15, 0.2) is 0 Å². The van der Waals surface area contributed by atoms with E-state index in [9.17, 15) is 4.79 Å². The Morgan fingerprint density at radius 3 is 2.68 bits per heavy atom. The maximum absolute atomic E-state index is 12.5. The topological polar surface area (TPSA) is 49.3 Å². The molecule has 1 amide bonds. The van der Waals surface area contributed by atoms with Crippen molar-refractivity contribution >= 4 is 17.3 Å². The fourth-order valence-corrected chi connectivity index (χ4v) is 2.26. The number of anilines is 2. The van der Waals surface area contributed by atoms with Crippen molar-refractivity contribution in [1.82, 2.24) is 9.97 Å². The summed E-state index contributed by atoms with van der Waals surface area (Å²) in [6.45, 7) is 1.46. The van der Waals surface area contributed by atoms with Crippen molar-refractivity contribution in [3.8, 4) is 0 Å². The highest BCUT2D eigenvalue weighted by molar-refractivity contribution is 6.07. The fraction of sp³-hybridized carbons (Fsp3) is 0.214. The monoisotopic (exact) mass is 254 g/mol. The van der Waals surface area contributed by atoms with Crippen LogP contribution in [0.2, 0.25) is 0 Å². The van der Waals surface area contributed by atoms with Crippen LogP contribution >= 0.6 is 0 Å². The summed E-state index contributed by atoms with van der Waals surface area (Å²) in [7, 11) is 2.03. The van der Waals surface area contributed by atoms with Gasteiger partial charge in [-0.2, -0.15) is 0 Å². The second-order valence-corrected chi connectivity index (χ2v) is 4.46. The molecule has 0 bridgehead atoms. The second-order valence-electron chi connectivity index (χ2n) is 4.46. The predicted octanol–water partition coefficient (Wildman–Crippen LogP) is 1.57. The minimum Gasteiger partial charge on any atom is -0.371 e. The lowest BCUT2D eigenvalue weighted by Crippen LogP contribution is -2.42. The van der Waals surface area contributed by atoms with Gasteiger partial charge in [-0.15, -0.1) is 0 Å². The summed E-state index contributed by atoms with van der Waals surface area (Å²) >= 11 is 0. The predicted molar refractivity (Wildman–Crippen MR) is 73.4 cm³/mol. The van der Waals surface area contributed by atoms with Gasteiger partial charge in [0.25, 0.3) is 5.91 Å². The molecule has 1 aromatic heterocycles. The summed E-state index contributed by atoms with van der Waals surface area (Å²) in [6, 6.07) is 7.89. The third-order valence-corrected chi connectivity index (χ3v) is 3.27. The molecule has 19 heavy (non-hydrogen) atoms. The van der Waals surface area contributed by atoms with Gasteiger partial charge in [0.05, 0.1) is 17.6 Å². The van der Waals surface area contributed by atoms with Crippen LogP contribution in [-0.2, 0) is 0 Å². The number of likely N-dealkylation sites (N-methyl/N-ethyl adjacent to an activating group) is 1. The third kappa shape index (κ3) is 2.03. The Kier molecular flexibility index (Phi) is 2.87. The lowest BCUT2D eigenvalue weighted by Gasteiger charge is -2.35. The zero-order valence-corrected chi connectivity index (χ0v) is 10.7. The molecule has 1 aromatic carbocycles. The van der Waals surface area contributed by atoms with Crippen molar-refractivity contribution in [1.29, 1.82) is 0 Å². The Labute approximate surface area is 111 Å². The Morgan fingerprint density at radius 2 is 1.95 bits per heavy atom. The smallest absolute Gasteiger partial charge is 0.278 e. The van der Waals surface area contributed by atoms with Crippen LogP contribution in [0.3, 0.4) is 0 Å². The molecule has 5 heteroatoms. The number of carbonyl (C=O) groups excluding carboxylic acids is 1. The van der Waals surface area contributed by atoms with Gasteiger partial charge in [0.1, 0.15) is 5.69 Å². The highest BCUT2D eigenvalue weighted by atomic mass is 16.2. The van der Waals surface area contributed by atoms with E-state index in [0.29, 0.717) is 12.2 Å². The summed E-state index contributed by atoms with van der Waals surface area (Å²) in [6.07, 6.45) is 4.60. The SMILES string of the molecule is CN1CCN(C(=O)c2cnccn2)c2ccccc21. The van der Waals surface area contributed by atoms with Gasteiger partial charge in [0.2, 0.25) is 0 Å². The molecule has 0 aliphatic carbocycles. The van der Waals surface area contributed by atoms with Crippen molar-refractivity contribution in [3.63, 3.8) is 0 Å². The molecule has 2 aromatic rings. The van der Waals surface area contributed by atoms with E-state index in [2.05, 4.69) is 14.9 Å². The average Bonchev–Trinajstić information content (AvgIpc) is 2.48. The molecule has 1 aliphatic rings. The van der Waals surface area contributed by atoms with Gasteiger partial charge in [0, 0.05) is 32.5 Å². The third-order valence-electron chi connectivity index (χ3n) is 3.27. The van der Waals surface area contributed by atoms with Gasteiger partial charge in [-0.25, -0.2) is 4.98 Å². The number of benzene rings is 1. The molecule has 0 N–H and O–H groups in total. The molecule has 1 aliphatic heterocycles. The first-order chi connectivity index (χ1) is 9.27. The van der Waals surface area contributed by atoms with Crippen molar-refractivity contribution in [2.45, 2.75) is 0 Å². The Bertz CT molecular complexity index is 599. The molecule has 0 atom stereocenters. The number of para-hydroxylation sites is 2. The number of nitrogens with zero attached hydrogens (tertiary/aromatic N) is 4. The maximum Gasteiger partial charge on any atom is 0.278 e. The number of hydrogen-bond acceptors (Lipinski definition) is 4. The second kappa shape index (κ2) is 4.68. The molecular formula is C14H14N4O. The first-order valence-corrected chi connectivity index (χ1v) is 6.15. The standard InChI is InChI=1S/C14H14N4O/c1-17-8-9-18(13-5-3-2-4-12(13)17)14(19)11-10-15-6-7-16-11/h2-7,10H,8-9H2,1H3. The van der Waals surface area contributed by atoms with Crippen molar-refractivity contribution in [2.24, 2.45) is 0 Å². The number of aromatic nitrogens is 2. The number of carbonyl (C=O) groups is 1. The summed E-state index contributed by atoms with van der Waals surface area (Å²) in [5.41, 5.74) is 2.36. The highest BCUT2D eigenvalue weighted by Crippen LogP contribution is 2.32. The molecule has 3 rings (SSSR count).